The number of carboxylic acids is 1. The van der Waals surface area contributed by atoms with Crippen LogP contribution in [0.15, 0.2) is 53.8 Å². The van der Waals surface area contributed by atoms with Crippen LogP contribution in [0, 0.1) is 19.3 Å². The summed E-state index contributed by atoms with van der Waals surface area (Å²) in [5.74, 6) is -0.763. The van der Waals surface area contributed by atoms with Crippen LogP contribution in [0.2, 0.25) is 0 Å². The molecule has 0 saturated heterocycles. The highest BCUT2D eigenvalue weighted by molar-refractivity contribution is 7.92. The molecular weight excluding hydrogens is 572 g/mol. The number of nitrogens with zero attached hydrogens (tertiary/aromatic N) is 6. The number of benzene rings is 1. The van der Waals surface area contributed by atoms with E-state index in [1.165, 1.54) is 7.05 Å². The van der Waals surface area contributed by atoms with Gasteiger partial charge < -0.3 is 15.2 Å². The Labute approximate surface area is 250 Å². The van der Waals surface area contributed by atoms with Gasteiger partial charge in [0, 0.05) is 43.2 Å². The lowest BCUT2D eigenvalue weighted by Crippen LogP contribution is -2.38. The Bertz CT molecular complexity index is 1680. The van der Waals surface area contributed by atoms with Gasteiger partial charge in [-0.1, -0.05) is 39.0 Å². The fraction of sp³-hybridized carbons (Fsp3) is 0.379. The smallest absolute Gasteiger partial charge is 0.356 e. The lowest BCUT2D eigenvalue weighted by Gasteiger charge is -2.26. The first-order chi connectivity index (χ1) is 20.2. The molecule has 4 aromatic rings. The molecule has 13 nitrogen and oxygen atoms in total. The van der Waals surface area contributed by atoms with E-state index in [2.05, 4.69) is 55.8 Å². The zero-order chi connectivity index (χ0) is 31.4. The van der Waals surface area contributed by atoms with Gasteiger partial charge in [-0.05, 0) is 42.9 Å². The van der Waals surface area contributed by atoms with Crippen molar-refractivity contribution in [2.24, 2.45) is 12.5 Å². The van der Waals surface area contributed by atoms with Crippen LogP contribution in [0.25, 0.3) is 11.3 Å². The second-order valence-electron chi connectivity index (χ2n) is 11.4. The van der Waals surface area contributed by atoms with Crippen molar-refractivity contribution in [2.45, 2.75) is 58.7 Å². The van der Waals surface area contributed by atoms with Crippen molar-refractivity contribution in [2.75, 3.05) is 11.3 Å². The maximum Gasteiger partial charge on any atom is 0.356 e. The lowest BCUT2D eigenvalue weighted by atomic mass is 9.88. The number of nitrogens with one attached hydrogen (secondary N) is 2. The van der Waals surface area contributed by atoms with Gasteiger partial charge in [0.2, 0.25) is 11.8 Å². The maximum atomic E-state index is 13.3. The summed E-state index contributed by atoms with van der Waals surface area (Å²) in [5.41, 5.74) is 2.72. The Balaban J connectivity index is 1.67. The van der Waals surface area contributed by atoms with E-state index in [9.17, 15) is 18.3 Å². The minimum Gasteiger partial charge on any atom is -0.476 e. The van der Waals surface area contributed by atoms with E-state index in [0.29, 0.717) is 18.1 Å². The molecule has 0 amide bonds. The largest absolute Gasteiger partial charge is 0.476 e. The Kier molecular flexibility index (Phi) is 9.40. The molecule has 228 valence electrons. The lowest BCUT2D eigenvalue weighted by molar-refractivity contribution is 0.0689. The number of ether oxygens (including phenoxy) is 1. The highest BCUT2D eigenvalue weighted by Gasteiger charge is 2.25. The molecule has 0 saturated carbocycles. The SMILES string of the molecule is Cc1cccc(C)c1-c1cc(OC[C@@H](CC(C)(C)C)NCc2ncccn2)nc(NS(=O)(=O)c2cc(C(=O)O)nn2C)n1. The van der Waals surface area contributed by atoms with Gasteiger partial charge in [-0.15, -0.1) is 0 Å². The van der Waals surface area contributed by atoms with E-state index in [-0.39, 0.29) is 34.9 Å². The van der Waals surface area contributed by atoms with Crippen molar-refractivity contribution in [3.63, 3.8) is 0 Å². The number of anilines is 1. The van der Waals surface area contributed by atoms with Crippen LogP contribution in [0.4, 0.5) is 5.95 Å². The standard InChI is InChI=1S/C29H36N8O5S/c1-18-9-7-10-19(2)26(18)21-13-24(42-17-20(15-29(3,4)5)32-16-23-30-11-8-12-31-23)34-28(33-21)36-43(40,41)25-14-22(27(38)39)35-37(25)6/h7-14,20,32H,15-17H2,1-6H3,(H,38,39)(H,33,34,36)/t20-/m1/s1. The summed E-state index contributed by atoms with van der Waals surface area (Å²) in [5, 5.41) is 16.1. The first-order valence-corrected chi connectivity index (χ1v) is 15.1. The minimum absolute atomic E-state index is 0.0215. The van der Waals surface area contributed by atoms with Crippen LogP contribution in [0.1, 0.15) is 54.6 Å². The first kappa shape index (κ1) is 31.5. The quantitative estimate of drug-likeness (QED) is 0.214. The average molecular weight is 609 g/mol. The van der Waals surface area contributed by atoms with E-state index in [1.807, 2.05) is 32.0 Å². The van der Waals surface area contributed by atoms with Crippen molar-refractivity contribution in [1.82, 2.24) is 35.0 Å². The molecule has 0 fully saturated rings. The molecule has 3 N–H and O–H groups in total. The Morgan fingerprint density at radius 2 is 1.74 bits per heavy atom. The molecule has 0 unspecified atom stereocenters. The zero-order valence-electron chi connectivity index (χ0n) is 25.0. The summed E-state index contributed by atoms with van der Waals surface area (Å²) in [6.07, 6.45) is 4.14. The molecule has 43 heavy (non-hydrogen) atoms. The van der Waals surface area contributed by atoms with Gasteiger partial charge in [0.15, 0.2) is 10.7 Å². The van der Waals surface area contributed by atoms with E-state index >= 15 is 0 Å². The van der Waals surface area contributed by atoms with Crippen LogP contribution in [0.5, 0.6) is 5.88 Å². The third-order valence-electron chi connectivity index (χ3n) is 6.46. The van der Waals surface area contributed by atoms with Crippen LogP contribution >= 0.6 is 0 Å². The summed E-state index contributed by atoms with van der Waals surface area (Å²) in [6, 6.07) is 10.1. The highest BCUT2D eigenvalue weighted by Crippen LogP contribution is 2.30. The Morgan fingerprint density at radius 1 is 1.07 bits per heavy atom. The fourth-order valence-corrected chi connectivity index (χ4v) is 5.73. The fourth-order valence-electron chi connectivity index (χ4n) is 4.64. The van der Waals surface area contributed by atoms with Gasteiger partial charge in [0.1, 0.15) is 12.4 Å². The van der Waals surface area contributed by atoms with Crippen LogP contribution in [-0.4, -0.2) is 61.9 Å². The molecule has 1 aromatic carbocycles. The summed E-state index contributed by atoms with van der Waals surface area (Å²) in [4.78, 5) is 28.8. The van der Waals surface area contributed by atoms with Crippen molar-refractivity contribution >= 4 is 21.9 Å². The number of sulfonamides is 1. The predicted octanol–water partition coefficient (Wildman–Crippen LogP) is 3.76. The van der Waals surface area contributed by atoms with Crippen LogP contribution in [0.3, 0.4) is 0 Å². The molecule has 0 bridgehead atoms. The molecule has 0 spiro atoms. The average Bonchev–Trinajstić information content (AvgIpc) is 3.33. The minimum atomic E-state index is -4.31. The number of hydrogen-bond acceptors (Lipinski definition) is 10. The molecule has 0 aliphatic rings. The first-order valence-electron chi connectivity index (χ1n) is 13.6. The number of aromatic nitrogens is 6. The second kappa shape index (κ2) is 12.8. The van der Waals surface area contributed by atoms with E-state index < -0.39 is 21.7 Å². The molecular formula is C29H36N8O5S. The van der Waals surface area contributed by atoms with Crippen LogP contribution < -0.4 is 14.8 Å². The molecule has 0 aliphatic heterocycles. The monoisotopic (exact) mass is 608 g/mol. The number of aromatic carboxylic acids is 1. The molecule has 1 atom stereocenters. The topological polar surface area (TPSA) is 174 Å². The summed E-state index contributed by atoms with van der Waals surface area (Å²) in [7, 11) is -2.97. The summed E-state index contributed by atoms with van der Waals surface area (Å²) in [6.45, 7) is 10.9. The van der Waals surface area contributed by atoms with Gasteiger partial charge in [-0.3, -0.25) is 4.68 Å². The maximum absolute atomic E-state index is 13.3. The Morgan fingerprint density at radius 3 is 2.35 bits per heavy atom. The molecule has 4 rings (SSSR count). The van der Waals surface area contributed by atoms with Crippen molar-refractivity contribution in [3.8, 4) is 17.1 Å². The highest BCUT2D eigenvalue weighted by atomic mass is 32.2. The summed E-state index contributed by atoms with van der Waals surface area (Å²) >= 11 is 0. The van der Waals surface area contributed by atoms with Crippen molar-refractivity contribution in [1.29, 1.82) is 0 Å². The van der Waals surface area contributed by atoms with Gasteiger partial charge >= 0.3 is 5.97 Å². The number of carboxylic acid groups (broad SMARTS) is 1. The number of hydrogen-bond donors (Lipinski definition) is 3. The molecule has 0 radical (unpaired) electrons. The number of aryl methyl sites for hydroxylation is 3. The molecule has 3 heterocycles. The predicted molar refractivity (Wildman–Crippen MR) is 160 cm³/mol. The molecule has 14 heteroatoms. The number of carbonyl (C=O) groups is 1. The molecule has 3 aromatic heterocycles. The van der Waals surface area contributed by atoms with E-state index in [4.69, 9.17) is 4.74 Å². The van der Waals surface area contributed by atoms with E-state index in [0.717, 1.165) is 33.9 Å². The third kappa shape index (κ3) is 8.32. The second-order valence-corrected chi connectivity index (χ2v) is 13.0. The third-order valence-corrected chi connectivity index (χ3v) is 7.84. The van der Waals surface area contributed by atoms with Gasteiger partial charge in [0.25, 0.3) is 10.0 Å². The normalized spacial score (nSPS) is 12.6. The van der Waals surface area contributed by atoms with Gasteiger partial charge in [0.05, 0.1) is 12.2 Å². The van der Waals surface area contributed by atoms with E-state index in [1.54, 1.807) is 24.5 Å². The zero-order valence-corrected chi connectivity index (χ0v) is 25.8. The number of rotatable bonds is 12. The van der Waals surface area contributed by atoms with Crippen molar-refractivity contribution < 1.29 is 23.1 Å². The summed E-state index contributed by atoms with van der Waals surface area (Å²) < 4.78 is 36.1. The Hall–Kier alpha value is -4.43. The molecule has 0 aliphatic carbocycles. The van der Waals surface area contributed by atoms with Crippen LogP contribution in [-0.2, 0) is 23.6 Å². The van der Waals surface area contributed by atoms with Gasteiger partial charge in [-0.2, -0.15) is 18.5 Å². The van der Waals surface area contributed by atoms with Gasteiger partial charge in [-0.25, -0.2) is 24.5 Å². The van der Waals surface area contributed by atoms with Crippen molar-refractivity contribution in [3.05, 3.63) is 71.4 Å².